The number of allylic oxidation sites excluding steroid dienone is 2. The van der Waals surface area contributed by atoms with Gasteiger partial charge < -0.3 is 19.2 Å². The third-order valence-corrected chi connectivity index (χ3v) is 5.67. The van der Waals surface area contributed by atoms with Crippen LogP contribution in [-0.4, -0.2) is 31.4 Å². The number of rotatable bonds is 5. The van der Waals surface area contributed by atoms with Gasteiger partial charge in [-0.3, -0.25) is 14.4 Å². The third-order valence-electron chi connectivity index (χ3n) is 5.67. The van der Waals surface area contributed by atoms with Gasteiger partial charge in [0.05, 0.1) is 20.0 Å². The molecule has 4 rings (SSSR count). The number of ketones is 1. The first kappa shape index (κ1) is 19.9. The van der Waals surface area contributed by atoms with E-state index >= 15 is 0 Å². The molecule has 0 saturated heterocycles. The summed E-state index contributed by atoms with van der Waals surface area (Å²) in [6.45, 7) is 1.88. The van der Waals surface area contributed by atoms with Crippen molar-refractivity contribution in [3.63, 3.8) is 0 Å². The van der Waals surface area contributed by atoms with Crippen LogP contribution in [0.25, 0.3) is 0 Å². The van der Waals surface area contributed by atoms with Crippen molar-refractivity contribution in [2.45, 2.75) is 31.6 Å². The standard InChI is InChI=1S/C23H23NO6/c1-3-29-23(27)21-16(18-8-5-9-30-18)11-17-20(22(21)26)15(12-19(25)24-17)13-6-4-7-14(10-13)28-2/h4-10,15-16,21H,3,11-12H2,1-2H3,(H,24,25). The number of hydrogen-bond donors (Lipinski definition) is 1. The lowest BCUT2D eigenvalue weighted by Gasteiger charge is -2.37. The Kier molecular flexibility index (Phi) is 5.44. The third kappa shape index (κ3) is 3.51. The maximum atomic E-state index is 13.6. The topological polar surface area (TPSA) is 94.8 Å². The minimum atomic E-state index is -1.02. The molecule has 7 heteroatoms. The quantitative estimate of drug-likeness (QED) is 0.602. The monoisotopic (exact) mass is 409 g/mol. The number of esters is 1. The summed E-state index contributed by atoms with van der Waals surface area (Å²) in [5, 5.41) is 2.86. The molecular formula is C23H23NO6. The van der Waals surface area contributed by atoms with Crippen LogP contribution in [-0.2, 0) is 19.1 Å². The number of benzene rings is 1. The summed E-state index contributed by atoms with van der Waals surface area (Å²) in [5.41, 5.74) is 1.80. The lowest BCUT2D eigenvalue weighted by atomic mass is 9.69. The molecule has 30 heavy (non-hydrogen) atoms. The highest BCUT2D eigenvalue weighted by Crippen LogP contribution is 2.46. The highest BCUT2D eigenvalue weighted by atomic mass is 16.5. The minimum Gasteiger partial charge on any atom is -0.497 e. The Morgan fingerprint density at radius 2 is 2.03 bits per heavy atom. The van der Waals surface area contributed by atoms with Gasteiger partial charge in [-0.2, -0.15) is 0 Å². The van der Waals surface area contributed by atoms with E-state index in [4.69, 9.17) is 13.9 Å². The summed E-state index contributed by atoms with van der Waals surface area (Å²) in [6, 6.07) is 10.8. The zero-order valence-corrected chi connectivity index (χ0v) is 16.8. The van der Waals surface area contributed by atoms with Crippen LogP contribution < -0.4 is 10.1 Å². The molecule has 2 aromatic rings. The maximum Gasteiger partial charge on any atom is 0.317 e. The number of methoxy groups -OCH3 is 1. The number of furan rings is 1. The van der Waals surface area contributed by atoms with Gasteiger partial charge in [0.15, 0.2) is 5.78 Å². The van der Waals surface area contributed by atoms with E-state index in [1.807, 2.05) is 18.2 Å². The summed E-state index contributed by atoms with van der Waals surface area (Å²) in [5.74, 6) is -1.91. The Morgan fingerprint density at radius 3 is 2.73 bits per heavy atom. The zero-order chi connectivity index (χ0) is 21.3. The van der Waals surface area contributed by atoms with E-state index in [0.717, 1.165) is 5.56 Å². The number of carbonyl (C=O) groups is 3. The molecule has 0 spiro atoms. The van der Waals surface area contributed by atoms with Crippen LogP contribution in [0.5, 0.6) is 5.75 Å². The fraction of sp³-hybridized carbons (Fsp3) is 0.348. The normalized spacial score (nSPS) is 23.6. The summed E-state index contributed by atoms with van der Waals surface area (Å²) in [6.07, 6.45) is 1.94. The van der Waals surface area contributed by atoms with Crippen LogP contribution in [0.3, 0.4) is 0 Å². The first-order valence-corrected chi connectivity index (χ1v) is 9.94. The second kappa shape index (κ2) is 8.18. The van der Waals surface area contributed by atoms with Gasteiger partial charge in [0.1, 0.15) is 17.4 Å². The van der Waals surface area contributed by atoms with Crippen molar-refractivity contribution < 1.29 is 28.3 Å². The first-order chi connectivity index (χ1) is 14.5. The van der Waals surface area contributed by atoms with E-state index in [0.29, 0.717) is 29.2 Å². The van der Waals surface area contributed by atoms with Crippen molar-refractivity contribution in [1.82, 2.24) is 5.32 Å². The molecule has 1 N–H and O–H groups in total. The molecule has 1 aromatic carbocycles. The van der Waals surface area contributed by atoms with Gasteiger partial charge in [0, 0.05) is 29.5 Å². The lowest BCUT2D eigenvalue weighted by Crippen LogP contribution is -2.44. The summed E-state index contributed by atoms with van der Waals surface area (Å²) < 4.78 is 16.0. The Bertz CT molecular complexity index is 1010. The van der Waals surface area contributed by atoms with E-state index in [1.54, 1.807) is 32.2 Å². The molecule has 1 aromatic heterocycles. The molecule has 0 fully saturated rings. The van der Waals surface area contributed by atoms with Gasteiger partial charge in [-0.15, -0.1) is 0 Å². The van der Waals surface area contributed by atoms with Gasteiger partial charge in [-0.1, -0.05) is 12.1 Å². The fourth-order valence-corrected chi connectivity index (χ4v) is 4.37. The van der Waals surface area contributed by atoms with E-state index < -0.39 is 23.7 Å². The van der Waals surface area contributed by atoms with Gasteiger partial charge in [0.2, 0.25) is 5.91 Å². The largest absolute Gasteiger partial charge is 0.497 e. The summed E-state index contributed by atoms with van der Waals surface area (Å²) >= 11 is 0. The molecule has 7 nitrogen and oxygen atoms in total. The van der Waals surface area contributed by atoms with E-state index in [9.17, 15) is 14.4 Å². The van der Waals surface area contributed by atoms with Crippen LogP contribution in [0.1, 0.15) is 42.9 Å². The zero-order valence-electron chi connectivity index (χ0n) is 16.8. The highest BCUT2D eigenvalue weighted by molar-refractivity contribution is 6.12. The number of Topliss-reactive ketones (excluding diaryl/α,β-unsaturated/α-hetero) is 1. The van der Waals surface area contributed by atoms with Crippen LogP contribution in [0, 0.1) is 5.92 Å². The summed E-state index contributed by atoms with van der Waals surface area (Å²) in [7, 11) is 1.56. The predicted molar refractivity (Wildman–Crippen MR) is 107 cm³/mol. The van der Waals surface area contributed by atoms with Gasteiger partial charge >= 0.3 is 5.97 Å². The van der Waals surface area contributed by atoms with Crippen LogP contribution >= 0.6 is 0 Å². The molecule has 1 amide bonds. The first-order valence-electron chi connectivity index (χ1n) is 9.94. The minimum absolute atomic E-state index is 0.124. The number of amides is 1. The van der Waals surface area contributed by atoms with Crippen LogP contribution in [0.15, 0.2) is 58.3 Å². The number of carbonyl (C=O) groups excluding carboxylic acids is 3. The van der Waals surface area contributed by atoms with Crippen molar-refractivity contribution in [1.29, 1.82) is 0 Å². The van der Waals surface area contributed by atoms with E-state index in [1.165, 1.54) is 6.26 Å². The maximum absolute atomic E-state index is 13.6. The molecule has 2 heterocycles. The van der Waals surface area contributed by atoms with Crippen molar-refractivity contribution in [3.05, 3.63) is 65.3 Å². The Labute approximate surface area is 174 Å². The van der Waals surface area contributed by atoms with E-state index in [-0.39, 0.29) is 24.7 Å². The average molecular weight is 409 g/mol. The number of nitrogens with one attached hydrogen (secondary N) is 1. The Balaban J connectivity index is 1.81. The van der Waals surface area contributed by atoms with Gasteiger partial charge in [-0.25, -0.2) is 0 Å². The molecular weight excluding hydrogens is 386 g/mol. The van der Waals surface area contributed by atoms with Crippen molar-refractivity contribution in [2.24, 2.45) is 5.92 Å². The Morgan fingerprint density at radius 1 is 1.20 bits per heavy atom. The summed E-state index contributed by atoms with van der Waals surface area (Å²) in [4.78, 5) is 38.9. The number of ether oxygens (including phenoxy) is 2. The number of hydrogen-bond acceptors (Lipinski definition) is 6. The Hall–Kier alpha value is -3.35. The predicted octanol–water partition coefficient (Wildman–Crippen LogP) is 3.08. The highest BCUT2D eigenvalue weighted by Gasteiger charge is 2.48. The molecule has 2 aliphatic rings. The second-order valence-electron chi connectivity index (χ2n) is 7.39. The van der Waals surface area contributed by atoms with Crippen molar-refractivity contribution in [3.8, 4) is 5.75 Å². The van der Waals surface area contributed by atoms with Gasteiger partial charge in [0.25, 0.3) is 0 Å². The average Bonchev–Trinajstić information content (AvgIpc) is 3.27. The molecule has 0 bridgehead atoms. The molecule has 0 saturated carbocycles. The van der Waals surface area contributed by atoms with E-state index in [2.05, 4.69) is 5.32 Å². The molecule has 1 aliphatic carbocycles. The lowest BCUT2D eigenvalue weighted by molar-refractivity contribution is -0.152. The molecule has 156 valence electrons. The van der Waals surface area contributed by atoms with Crippen molar-refractivity contribution in [2.75, 3.05) is 13.7 Å². The molecule has 3 atom stereocenters. The van der Waals surface area contributed by atoms with Crippen LogP contribution in [0.4, 0.5) is 0 Å². The second-order valence-corrected chi connectivity index (χ2v) is 7.39. The smallest absolute Gasteiger partial charge is 0.317 e. The molecule has 3 unspecified atom stereocenters. The van der Waals surface area contributed by atoms with Gasteiger partial charge in [-0.05, 0) is 43.2 Å². The van der Waals surface area contributed by atoms with Crippen LogP contribution in [0.2, 0.25) is 0 Å². The SMILES string of the molecule is CCOC(=O)C1C(=O)C2=C(CC1c1ccco1)NC(=O)CC2c1cccc(OC)c1. The molecule has 0 radical (unpaired) electrons. The molecule has 1 aliphatic heterocycles. The fourth-order valence-electron chi connectivity index (χ4n) is 4.37. The van der Waals surface area contributed by atoms with Crippen molar-refractivity contribution >= 4 is 17.7 Å².